The maximum Gasteiger partial charge on any atom is 0.346 e. The predicted octanol–water partition coefficient (Wildman–Crippen LogP) is 2.47. The van der Waals surface area contributed by atoms with Crippen molar-refractivity contribution in [2.45, 2.75) is 36.8 Å². The Bertz CT molecular complexity index is 645. The van der Waals surface area contributed by atoms with E-state index in [-0.39, 0.29) is 9.09 Å². The van der Waals surface area contributed by atoms with Crippen LogP contribution in [-0.4, -0.2) is 26.0 Å². The lowest BCUT2D eigenvalue weighted by Crippen LogP contribution is -2.30. The largest absolute Gasteiger partial charge is 0.477 e. The van der Waals surface area contributed by atoms with E-state index < -0.39 is 16.0 Å². The number of rotatable bonds is 7. The molecule has 5 nitrogen and oxygen atoms in total. The maximum absolute atomic E-state index is 12.3. The lowest BCUT2D eigenvalue weighted by molar-refractivity contribution is 0.0701. The fourth-order valence-corrected chi connectivity index (χ4v) is 5.34. The first-order chi connectivity index (χ1) is 9.88. The zero-order chi connectivity index (χ0) is 15.2. The lowest BCUT2D eigenvalue weighted by atomic mass is 9.99. The molecule has 2 N–H and O–H groups in total. The SMILES string of the molecule is Cc1cc(S(=O)(=O)NCC(C2CC2)C2CC2)sc1C(=O)O. The maximum atomic E-state index is 12.3. The molecule has 2 aliphatic carbocycles. The quantitative estimate of drug-likeness (QED) is 0.805. The Morgan fingerprint density at radius 1 is 1.38 bits per heavy atom. The average Bonchev–Trinajstić information content (AvgIpc) is 3.29. The van der Waals surface area contributed by atoms with Gasteiger partial charge >= 0.3 is 5.97 Å². The zero-order valence-electron chi connectivity index (χ0n) is 11.8. The molecule has 2 fully saturated rings. The van der Waals surface area contributed by atoms with E-state index in [4.69, 9.17) is 5.11 Å². The molecule has 0 atom stereocenters. The Kier molecular flexibility index (Phi) is 3.83. The minimum atomic E-state index is -3.60. The molecule has 116 valence electrons. The second kappa shape index (κ2) is 5.37. The standard InChI is InChI=1S/C14H19NO4S2/c1-8-6-12(20-13(8)14(16)17)21(18,19)15-7-11(9-2-3-9)10-4-5-10/h6,9-11,15H,2-5,7H2,1H3,(H,16,17). The van der Waals surface area contributed by atoms with Crippen LogP contribution >= 0.6 is 11.3 Å². The van der Waals surface area contributed by atoms with Gasteiger partial charge in [-0.3, -0.25) is 0 Å². The van der Waals surface area contributed by atoms with Gasteiger partial charge in [-0.1, -0.05) is 0 Å². The van der Waals surface area contributed by atoms with Gasteiger partial charge in [-0.2, -0.15) is 0 Å². The molecular formula is C14H19NO4S2. The molecule has 2 saturated carbocycles. The van der Waals surface area contributed by atoms with Crippen LogP contribution in [-0.2, 0) is 10.0 Å². The van der Waals surface area contributed by atoms with Crippen LogP contribution in [0.5, 0.6) is 0 Å². The Balaban J connectivity index is 1.71. The monoisotopic (exact) mass is 329 g/mol. The predicted molar refractivity (Wildman–Crippen MR) is 80.1 cm³/mol. The number of carboxylic acids is 1. The van der Waals surface area contributed by atoms with E-state index in [1.54, 1.807) is 6.92 Å². The number of carbonyl (C=O) groups is 1. The van der Waals surface area contributed by atoms with Gasteiger partial charge in [0.05, 0.1) is 0 Å². The molecule has 0 amide bonds. The summed E-state index contributed by atoms with van der Waals surface area (Å²) in [6.07, 6.45) is 4.85. The van der Waals surface area contributed by atoms with E-state index in [0.29, 0.717) is 29.9 Å². The summed E-state index contributed by atoms with van der Waals surface area (Å²) in [5, 5.41) is 9.02. The topological polar surface area (TPSA) is 83.5 Å². The molecule has 0 saturated heterocycles. The average molecular weight is 329 g/mol. The Labute approximate surface area is 128 Å². The van der Waals surface area contributed by atoms with E-state index in [0.717, 1.165) is 11.3 Å². The Hall–Kier alpha value is -0.920. The molecule has 21 heavy (non-hydrogen) atoms. The first-order valence-electron chi connectivity index (χ1n) is 7.22. The van der Waals surface area contributed by atoms with Crippen LogP contribution < -0.4 is 4.72 Å². The summed E-state index contributed by atoms with van der Waals surface area (Å²) in [4.78, 5) is 11.1. The van der Waals surface area contributed by atoms with Crippen molar-refractivity contribution >= 4 is 27.3 Å². The summed E-state index contributed by atoms with van der Waals surface area (Å²) >= 11 is 0.824. The van der Waals surface area contributed by atoms with Crippen molar-refractivity contribution in [3.8, 4) is 0 Å². The second-order valence-electron chi connectivity index (χ2n) is 6.07. The molecule has 3 rings (SSSR count). The van der Waals surface area contributed by atoms with Crippen LogP contribution in [0.15, 0.2) is 10.3 Å². The summed E-state index contributed by atoms with van der Waals surface area (Å²) in [5.74, 6) is 0.743. The van der Waals surface area contributed by atoms with Crippen LogP contribution in [0.2, 0.25) is 0 Å². The van der Waals surface area contributed by atoms with E-state index in [9.17, 15) is 13.2 Å². The third kappa shape index (κ3) is 3.30. The smallest absolute Gasteiger partial charge is 0.346 e. The van der Waals surface area contributed by atoms with Crippen LogP contribution in [0.4, 0.5) is 0 Å². The zero-order valence-corrected chi connectivity index (χ0v) is 13.5. The Morgan fingerprint density at radius 2 is 1.95 bits per heavy atom. The molecule has 0 spiro atoms. The van der Waals surface area contributed by atoms with Crippen molar-refractivity contribution < 1.29 is 18.3 Å². The molecule has 7 heteroatoms. The second-order valence-corrected chi connectivity index (χ2v) is 9.12. The molecule has 2 aliphatic rings. The van der Waals surface area contributed by atoms with E-state index in [1.165, 1.54) is 31.7 Å². The highest BCUT2D eigenvalue weighted by atomic mass is 32.2. The van der Waals surface area contributed by atoms with E-state index >= 15 is 0 Å². The fraction of sp³-hybridized carbons (Fsp3) is 0.643. The fourth-order valence-electron chi connectivity index (χ4n) is 2.84. The van der Waals surface area contributed by atoms with Crippen molar-refractivity contribution in [2.75, 3.05) is 6.54 Å². The highest BCUT2D eigenvalue weighted by Crippen LogP contribution is 2.48. The third-order valence-electron chi connectivity index (χ3n) is 4.32. The van der Waals surface area contributed by atoms with E-state index in [1.807, 2.05) is 0 Å². The molecular weight excluding hydrogens is 310 g/mol. The molecule has 0 radical (unpaired) electrons. The van der Waals surface area contributed by atoms with Crippen molar-refractivity contribution in [1.82, 2.24) is 4.72 Å². The number of carboxylic acid groups (broad SMARTS) is 1. The first kappa shape index (κ1) is 15.0. The van der Waals surface area contributed by atoms with Crippen LogP contribution in [0, 0.1) is 24.7 Å². The van der Waals surface area contributed by atoms with Gasteiger partial charge in [0.2, 0.25) is 10.0 Å². The first-order valence-corrected chi connectivity index (χ1v) is 9.52. The van der Waals surface area contributed by atoms with Crippen LogP contribution in [0.1, 0.15) is 40.9 Å². The number of sulfonamides is 1. The van der Waals surface area contributed by atoms with Gasteiger partial charge in [0.25, 0.3) is 0 Å². The minimum absolute atomic E-state index is 0.0938. The Morgan fingerprint density at radius 3 is 2.38 bits per heavy atom. The minimum Gasteiger partial charge on any atom is -0.477 e. The molecule has 1 aromatic heterocycles. The summed E-state index contributed by atoms with van der Waals surface area (Å²) in [5.41, 5.74) is 0.494. The van der Waals surface area contributed by atoms with Crippen molar-refractivity contribution in [3.05, 3.63) is 16.5 Å². The van der Waals surface area contributed by atoms with Gasteiger partial charge < -0.3 is 5.11 Å². The van der Waals surface area contributed by atoms with Gasteiger partial charge in [0, 0.05) is 6.54 Å². The summed E-state index contributed by atoms with van der Waals surface area (Å²) in [6.45, 7) is 2.10. The number of hydrogen-bond acceptors (Lipinski definition) is 4. The highest BCUT2D eigenvalue weighted by molar-refractivity contribution is 7.91. The number of aromatic carboxylic acids is 1. The number of aryl methyl sites for hydroxylation is 1. The summed E-state index contributed by atoms with van der Waals surface area (Å²) < 4.78 is 27.4. The highest BCUT2D eigenvalue weighted by Gasteiger charge is 2.41. The molecule has 1 aromatic rings. The van der Waals surface area contributed by atoms with Crippen molar-refractivity contribution in [1.29, 1.82) is 0 Å². The normalized spacial score (nSPS) is 19.1. The molecule has 0 aromatic carbocycles. The molecule has 0 aliphatic heterocycles. The third-order valence-corrected chi connectivity index (χ3v) is 7.44. The molecule has 0 bridgehead atoms. The van der Waals surface area contributed by atoms with Gasteiger partial charge in [0.1, 0.15) is 9.09 Å². The van der Waals surface area contributed by atoms with Gasteiger partial charge in [-0.05, 0) is 62.0 Å². The molecule has 0 unspecified atom stereocenters. The number of hydrogen-bond donors (Lipinski definition) is 2. The van der Waals surface area contributed by atoms with Crippen molar-refractivity contribution in [2.24, 2.45) is 17.8 Å². The van der Waals surface area contributed by atoms with Gasteiger partial charge in [0.15, 0.2) is 0 Å². The summed E-state index contributed by atoms with van der Waals surface area (Å²) in [7, 11) is -3.60. The van der Waals surface area contributed by atoms with Crippen molar-refractivity contribution in [3.63, 3.8) is 0 Å². The van der Waals surface area contributed by atoms with Crippen LogP contribution in [0.3, 0.4) is 0 Å². The van der Waals surface area contributed by atoms with Gasteiger partial charge in [-0.25, -0.2) is 17.9 Å². The number of thiophene rings is 1. The number of nitrogens with one attached hydrogen (secondary N) is 1. The summed E-state index contributed by atoms with van der Waals surface area (Å²) in [6, 6.07) is 1.44. The van der Waals surface area contributed by atoms with Crippen LogP contribution in [0.25, 0.3) is 0 Å². The van der Waals surface area contributed by atoms with E-state index in [2.05, 4.69) is 4.72 Å². The molecule has 1 heterocycles. The lowest BCUT2D eigenvalue weighted by Gasteiger charge is -2.15. The van der Waals surface area contributed by atoms with Gasteiger partial charge in [-0.15, -0.1) is 11.3 Å².